The highest BCUT2D eigenvalue weighted by atomic mass is 32.2. The van der Waals surface area contributed by atoms with Gasteiger partial charge in [-0.1, -0.05) is 30.3 Å². The van der Waals surface area contributed by atoms with Crippen molar-refractivity contribution >= 4 is 22.1 Å². The summed E-state index contributed by atoms with van der Waals surface area (Å²) in [6.45, 7) is -2.22. The van der Waals surface area contributed by atoms with Gasteiger partial charge in [0.15, 0.2) is 0 Å². The topological polar surface area (TPSA) is 116 Å². The van der Waals surface area contributed by atoms with Crippen LogP contribution in [0.2, 0.25) is 0 Å². The largest absolute Gasteiger partial charge is 0.468 e. The van der Waals surface area contributed by atoms with Crippen LogP contribution in [0.25, 0.3) is 0 Å². The third kappa shape index (κ3) is 6.11. The Labute approximate surface area is 236 Å². The van der Waals surface area contributed by atoms with Crippen molar-refractivity contribution < 1.29 is 67.5 Å². The zero-order valence-electron chi connectivity index (χ0n) is 22.0. The second-order valence-electron chi connectivity index (χ2n) is 11.4. The van der Waals surface area contributed by atoms with Crippen LogP contribution in [0, 0.1) is 23.2 Å². The molecule has 4 bridgehead atoms. The first-order valence-electron chi connectivity index (χ1n) is 13.2. The van der Waals surface area contributed by atoms with E-state index in [-0.39, 0.29) is 42.6 Å². The number of ether oxygens (including phenoxy) is 3. The van der Waals surface area contributed by atoms with Gasteiger partial charge in [0.05, 0.1) is 12.0 Å². The number of halogens is 7. The molecule has 4 fully saturated rings. The van der Waals surface area contributed by atoms with Crippen LogP contribution in [-0.2, 0) is 40.5 Å². The first-order chi connectivity index (χ1) is 19.3. The Kier molecular flexibility index (Phi) is 8.68. The molecule has 0 aliphatic heterocycles. The van der Waals surface area contributed by atoms with Crippen molar-refractivity contribution in [1.82, 2.24) is 0 Å². The Balaban J connectivity index is 1.57. The normalized spacial score (nSPS) is 27.4. The van der Waals surface area contributed by atoms with Gasteiger partial charge in [-0.15, -0.1) is 0 Å². The zero-order valence-corrected chi connectivity index (χ0v) is 22.9. The SMILES string of the molecule is O=C(OC(OCCCC(F)(F)C(F)(F)S(=O)(=O)O)(C(=O)OCc1ccccc1)C(F)(F)F)C12CC3CC(CC(C3)C1)C2. The van der Waals surface area contributed by atoms with Gasteiger partial charge in [0.25, 0.3) is 0 Å². The van der Waals surface area contributed by atoms with Crippen LogP contribution in [0.1, 0.15) is 56.9 Å². The molecule has 1 unspecified atom stereocenters. The third-order valence-electron chi connectivity index (χ3n) is 8.25. The molecule has 4 aliphatic rings. The maximum Gasteiger partial charge on any atom is 0.468 e. The van der Waals surface area contributed by atoms with E-state index in [1.165, 1.54) is 24.3 Å². The van der Waals surface area contributed by atoms with Gasteiger partial charge in [-0.2, -0.15) is 39.2 Å². The minimum atomic E-state index is -6.58. The summed E-state index contributed by atoms with van der Waals surface area (Å²) in [6.07, 6.45) is -6.09. The minimum absolute atomic E-state index is 0.0849. The molecule has 4 aliphatic carbocycles. The van der Waals surface area contributed by atoms with Crippen LogP contribution in [0.5, 0.6) is 0 Å². The molecule has 0 saturated heterocycles. The van der Waals surface area contributed by atoms with Crippen LogP contribution in [-0.4, -0.2) is 54.7 Å². The molecule has 0 spiro atoms. The van der Waals surface area contributed by atoms with Gasteiger partial charge >= 0.3 is 45.2 Å². The van der Waals surface area contributed by atoms with E-state index in [9.17, 15) is 48.7 Å². The summed E-state index contributed by atoms with van der Waals surface area (Å²) in [5, 5.41) is -5.96. The summed E-state index contributed by atoms with van der Waals surface area (Å²) in [7, 11) is -6.58. The van der Waals surface area contributed by atoms with Gasteiger partial charge in [0.2, 0.25) is 0 Å². The molecule has 1 aromatic rings. The molecule has 8 nitrogen and oxygen atoms in total. The van der Waals surface area contributed by atoms with Crippen LogP contribution < -0.4 is 0 Å². The summed E-state index contributed by atoms with van der Waals surface area (Å²) < 4.78 is 143. The fourth-order valence-corrected chi connectivity index (χ4v) is 7.13. The van der Waals surface area contributed by atoms with Crippen molar-refractivity contribution in [3.8, 4) is 0 Å². The number of hydrogen-bond donors (Lipinski definition) is 1. The second-order valence-corrected chi connectivity index (χ2v) is 12.9. The summed E-state index contributed by atoms with van der Waals surface area (Å²) in [4.78, 5) is 26.5. The molecule has 16 heteroatoms. The van der Waals surface area contributed by atoms with Gasteiger partial charge < -0.3 is 14.2 Å². The number of rotatable bonds is 12. The fraction of sp³-hybridized carbons (Fsp3) is 0.692. The highest BCUT2D eigenvalue weighted by molar-refractivity contribution is 7.87. The number of hydrogen-bond acceptors (Lipinski definition) is 7. The molecular weight excluding hydrogens is 605 g/mol. The van der Waals surface area contributed by atoms with E-state index in [0.717, 1.165) is 19.3 Å². The lowest BCUT2D eigenvalue weighted by molar-refractivity contribution is -0.360. The van der Waals surface area contributed by atoms with E-state index in [1.807, 2.05) is 0 Å². The molecule has 42 heavy (non-hydrogen) atoms. The van der Waals surface area contributed by atoms with Crippen LogP contribution in [0.3, 0.4) is 0 Å². The summed E-state index contributed by atoms with van der Waals surface area (Å²) in [6, 6.07) is 7.44. The lowest BCUT2D eigenvalue weighted by Crippen LogP contribution is -2.61. The Morgan fingerprint density at radius 2 is 1.43 bits per heavy atom. The maximum absolute atomic E-state index is 14.6. The first-order valence-corrected chi connectivity index (χ1v) is 14.6. The number of carbonyl (C=O) groups excluding carboxylic acids is 2. The molecule has 1 aromatic carbocycles. The van der Waals surface area contributed by atoms with E-state index in [4.69, 9.17) is 14.0 Å². The number of benzene rings is 1. The van der Waals surface area contributed by atoms with E-state index in [1.54, 1.807) is 6.07 Å². The molecule has 4 saturated carbocycles. The van der Waals surface area contributed by atoms with Crippen molar-refractivity contribution in [2.24, 2.45) is 23.2 Å². The summed E-state index contributed by atoms with van der Waals surface area (Å²) >= 11 is 0. The van der Waals surface area contributed by atoms with E-state index >= 15 is 0 Å². The second kappa shape index (κ2) is 11.2. The number of alkyl halides is 7. The maximum atomic E-state index is 14.6. The smallest absolute Gasteiger partial charge is 0.456 e. The molecule has 5 rings (SSSR count). The van der Waals surface area contributed by atoms with Crippen LogP contribution >= 0.6 is 0 Å². The first kappa shape index (κ1) is 32.5. The summed E-state index contributed by atoms with van der Waals surface area (Å²) in [5.74, 6) is -13.2. The number of esters is 2. The summed E-state index contributed by atoms with van der Waals surface area (Å²) in [5.41, 5.74) is -1.07. The molecule has 0 heterocycles. The Morgan fingerprint density at radius 3 is 1.90 bits per heavy atom. The van der Waals surface area contributed by atoms with Crippen LogP contribution in [0.15, 0.2) is 30.3 Å². The van der Waals surface area contributed by atoms with E-state index in [2.05, 4.69) is 4.74 Å². The third-order valence-corrected chi connectivity index (χ3v) is 9.20. The van der Waals surface area contributed by atoms with Gasteiger partial charge in [0.1, 0.15) is 6.61 Å². The van der Waals surface area contributed by atoms with Crippen LogP contribution in [0.4, 0.5) is 30.7 Å². The minimum Gasteiger partial charge on any atom is -0.456 e. The molecule has 0 amide bonds. The Hall–Kier alpha value is -2.46. The predicted octanol–water partition coefficient (Wildman–Crippen LogP) is 5.66. The monoisotopic (exact) mass is 634 g/mol. The quantitative estimate of drug-likeness (QED) is 0.103. The van der Waals surface area contributed by atoms with Crippen molar-refractivity contribution in [3.05, 3.63) is 35.9 Å². The molecular formula is C26H29F7O8S. The average molecular weight is 635 g/mol. The molecule has 0 aromatic heterocycles. The highest BCUT2D eigenvalue weighted by Gasteiger charge is 2.70. The zero-order chi connectivity index (χ0) is 31.2. The number of carbonyl (C=O) groups is 2. The Morgan fingerprint density at radius 1 is 0.905 bits per heavy atom. The standard InChI is InChI=1S/C26H29F7O8S/c27-23(28,26(32,33)42(36,37)38)7-4-8-40-24(25(29,30)31,21(35)39-15-16-5-2-1-3-6-16)41-20(34)22-12-17-9-18(13-22)11-19(10-17)14-22/h1-3,5-6,17-19H,4,7-15H2,(H,36,37,38). The molecule has 236 valence electrons. The van der Waals surface area contributed by atoms with Gasteiger partial charge in [0, 0.05) is 6.42 Å². The van der Waals surface area contributed by atoms with Crippen molar-refractivity contribution in [3.63, 3.8) is 0 Å². The van der Waals surface area contributed by atoms with Crippen molar-refractivity contribution in [2.45, 2.75) is 81.1 Å². The van der Waals surface area contributed by atoms with E-state index < -0.39 is 76.7 Å². The average Bonchev–Trinajstić information content (AvgIpc) is 2.87. The lowest BCUT2D eigenvalue weighted by atomic mass is 9.49. The van der Waals surface area contributed by atoms with Gasteiger partial charge in [-0.3, -0.25) is 9.35 Å². The van der Waals surface area contributed by atoms with Crippen molar-refractivity contribution in [2.75, 3.05) is 6.61 Å². The van der Waals surface area contributed by atoms with E-state index in [0.29, 0.717) is 0 Å². The molecule has 0 radical (unpaired) electrons. The Bertz CT molecular complexity index is 1230. The fourth-order valence-electron chi connectivity index (χ4n) is 6.65. The molecule has 1 N–H and O–H groups in total. The highest BCUT2D eigenvalue weighted by Crippen LogP contribution is 2.61. The van der Waals surface area contributed by atoms with Crippen molar-refractivity contribution in [1.29, 1.82) is 0 Å². The van der Waals surface area contributed by atoms with Gasteiger partial charge in [-0.05, 0) is 68.3 Å². The lowest BCUT2D eigenvalue weighted by Gasteiger charge is -2.55. The molecule has 1 atom stereocenters. The predicted molar refractivity (Wildman–Crippen MR) is 128 cm³/mol. The van der Waals surface area contributed by atoms with Gasteiger partial charge in [-0.25, -0.2) is 4.79 Å².